The Kier molecular flexibility index (Phi) is 4.06. The SMILES string of the molecule is CCc1ccc(C(=O)N(CC2CCOC2)C2CC2)cc1. The van der Waals surface area contributed by atoms with Gasteiger partial charge in [0.25, 0.3) is 5.91 Å². The number of carbonyl (C=O) groups excluding carboxylic acids is 1. The Balaban J connectivity index is 1.70. The number of hydrogen-bond donors (Lipinski definition) is 0. The maximum atomic E-state index is 12.7. The molecule has 1 aliphatic carbocycles. The van der Waals surface area contributed by atoms with Crippen molar-refractivity contribution in [3.05, 3.63) is 35.4 Å². The molecule has 1 aromatic carbocycles. The standard InChI is InChI=1S/C17H23NO2/c1-2-13-3-5-15(6-4-13)17(19)18(16-7-8-16)11-14-9-10-20-12-14/h3-6,14,16H,2,7-12H2,1H3. The normalized spacial score (nSPS) is 21.9. The molecule has 1 unspecified atom stereocenters. The third kappa shape index (κ3) is 3.04. The molecule has 0 radical (unpaired) electrons. The van der Waals surface area contributed by atoms with Gasteiger partial charge in [0.1, 0.15) is 0 Å². The average molecular weight is 273 g/mol. The second kappa shape index (κ2) is 5.96. The van der Waals surface area contributed by atoms with Gasteiger partial charge in [0.15, 0.2) is 0 Å². The van der Waals surface area contributed by atoms with Crippen molar-refractivity contribution < 1.29 is 9.53 Å². The van der Waals surface area contributed by atoms with Crippen LogP contribution in [-0.2, 0) is 11.2 Å². The molecule has 1 saturated heterocycles. The lowest BCUT2D eigenvalue weighted by atomic mass is 10.1. The Labute approximate surface area is 120 Å². The Morgan fingerprint density at radius 2 is 2.00 bits per heavy atom. The predicted octanol–water partition coefficient (Wildman–Crippen LogP) is 2.89. The molecule has 3 heteroatoms. The summed E-state index contributed by atoms with van der Waals surface area (Å²) in [5.41, 5.74) is 2.11. The minimum Gasteiger partial charge on any atom is -0.381 e. The minimum absolute atomic E-state index is 0.196. The molecule has 2 aliphatic rings. The molecule has 0 spiro atoms. The summed E-state index contributed by atoms with van der Waals surface area (Å²) >= 11 is 0. The summed E-state index contributed by atoms with van der Waals surface area (Å²) < 4.78 is 5.44. The summed E-state index contributed by atoms with van der Waals surface area (Å²) in [7, 11) is 0. The van der Waals surface area contributed by atoms with Gasteiger partial charge in [-0.05, 0) is 43.4 Å². The fraction of sp³-hybridized carbons (Fsp3) is 0.588. The summed E-state index contributed by atoms with van der Waals surface area (Å²) in [5, 5.41) is 0. The molecule has 0 N–H and O–H groups in total. The summed E-state index contributed by atoms with van der Waals surface area (Å²) in [5.74, 6) is 0.719. The quantitative estimate of drug-likeness (QED) is 0.825. The molecule has 1 amide bonds. The van der Waals surface area contributed by atoms with E-state index in [2.05, 4.69) is 24.0 Å². The molecule has 1 saturated carbocycles. The van der Waals surface area contributed by atoms with Crippen LogP contribution in [0.4, 0.5) is 0 Å². The highest BCUT2D eigenvalue weighted by Crippen LogP contribution is 2.30. The van der Waals surface area contributed by atoms with Gasteiger partial charge in [-0.15, -0.1) is 0 Å². The van der Waals surface area contributed by atoms with Crippen molar-refractivity contribution in [3.8, 4) is 0 Å². The first-order chi connectivity index (χ1) is 9.78. The van der Waals surface area contributed by atoms with E-state index < -0.39 is 0 Å². The third-order valence-electron chi connectivity index (χ3n) is 4.34. The zero-order valence-electron chi connectivity index (χ0n) is 12.2. The fourth-order valence-electron chi connectivity index (χ4n) is 2.84. The smallest absolute Gasteiger partial charge is 0.254 e. The van der Waals surface area contributed by atoms with Crippen LogP contribution in [0.25, 0.3) is 0 Å². The molecule has 1 atom stereocenters. The van der Waals surface area contributed by atoms with Gasteiger partial charge in [0, 0.05) is 30.7 Å². The monoisotopic (exact) mass is 273 g/mol. The minimum atomic E-state index is 0.196. The van der Waals surface area contributed by atoms with E-state index in [0.29, 0.717) is 12.0 Å². The molecule has 1 aliphatic heterocycles. The van der Waals surface area contributed by atoms with Gasteiger partial charge in [0.05, 0.1) is 6.61 Å². The molecule has 1 aromatic rings. The topological polar surface area (TPSA) is 29.5 Å². The van der Waals surface area contributed by atoms with Crippen LogP contribution >= 0.6 is 0 Å². The maximum absolute atomic E-state index is 12.7. The van der Waals surface area contributed by atoms with Gasteiger partial charge >= 0.3 is 0 Å². The second-order valence-electron chi connectivity index (χ2n) is 5.97. The van der Waals surface area contributed by atoms with E-state index in [1.165, 1.54) is 5.56 Å². The van der Waals surface area contributed by atoms with Gasteiger partial charge < -0.3 is 9.64 Å². The van der Waals surface area contributed by atoms with Crippen LogP contribution < -0.4 is 0 Å². The lowest BCUT2D eigenvalue weighted by Crippen LogP contribution is -2.37. The molecule has 2 fully saturated rings. The Morgan fingerprint density at radius 3 is 2.55 bits per heavy atom. The van der Waals surface area contributed by atoms with Crippen LogP contribution in [0.3, 0.4) is 0 Å². The molecule has 108 valence electrons. The molecule has 0 bridgehead atoms. The van der Waals surface area contributed by atoms with Crippen LogP contribution in [0, 0.1) is 5.92 Å². The van der Waals surface area contributed by atoms with E-state index in [1.54, 1.807) is 0 Å². The lowest BCUT2D eigenvalue weighted by molar-refractivity contribution is 0.0706. The van der Waals surface area contributed by atoms with Gasteiger partial charge in [-0.25, -0.2) is 0 Å². The molecule has 3 nitrogen and oxygen atoms in total. The maximum Gasteiger partial charge on any atom is 0.254 e. The van der Waals surface area contributed by atoms with Gasteiger partial charge in [0.2, 0.25) is 0 Å². The highest BCUT2D eigenvalue weighted by Gasteiger charge is 2.35. The van der Waals surface area contributed by atoms with Crippen molar-refractivity contribution >= 4 is 5.91 Å². The van der Waals surface area contributed by atoms with Crippen molar-refractivity contribution in [2.45, 2.75) is 38.6 Å². The lowest BCUT2D eigenvalue weighted by Gasteiger charge is -2.25. The highest BCUT2D eigenvalue weighted by molar-refractivity contribution is 5.94. The third-order valence-corrected chi connectivity index (χ3v) is 4.34. The largest absolute Gasteiger partial charge is 0.381 e. The highest BCUT2D eigenvalue weighted by atomic mass is 16.5. The molecular formula is C17H23NO2. The number of amides is 1. The van der Waals surface area contributed by atoms with E-state index in [-0.39, 0.29) is 5.91 Å². The van der Waals surface area contributed by atoms with Crippen molar-refractivity contribution in [1.82, 2.24) is 4.90 Å². The number of hydrogen-bond acceptors (Lipinski definition) is 2. The average Bonchev–Trinajstić information content (AvgIpc) is 3.21. The molecular weight excluding hydrogens is 250 g/mol. The first kappa shape index (κ1) is 13.6. The summed E-state index contributed by atoms with van der Waals surface area (Å²) in [6, 6.07) is 8.55. The van der Waals surface area contributed by atoms with Gasteiger partial charge in [-0.1, -0.05) is 19.1 Å². The van der Waals surface area contributed by atoms with Crippen molar-refractivity contribution in [2.24, 2.45) is 5.92 Å². The van der Waals surface area contributed by atoms with Gasteiger partial charge in [-0.3, -0.25) is 4.79 Å². The second-order valence-corrected chi connectivity index (χ2v) is 5.97. The van der Waals surface area contributed by atoms with Crippen LogP contribution in [0.2, 0.25) is 0 Å². The van der Waals surface area contributed by atoms with Crippen molar-refractivity contribution in [1.29, 1.82) is 0 Å². The zero-order valence-corrected chi connectivity index (χ0v) is 12.2. The summed E-state index contributed by atoms with van der Waals surface area (Å²) in [6.07, 6.45) is 4.42. The first-order valence-corrected chi connectivity index (χ1v) is 7.75. The predicted molar refractivity (Wildman–Crippen MR) is 78.8 cm³/mol. The molecule has 20 heavy (non-hydrogen) atoms. The Hall–Kier alpha value is -1.35. The number of nitrogens with zero attached hydrogens (tertiary/aromatic N) is 1. The molecule has 0 aromatic heterocycles. The van der Waals surface area contributed by atoms with E-state index in [4.69, 9.17) is 4.74 Å². The van der Waals surface area contributed by atoms with Crippen molar-refractivity contribution in [3.63, 3.8) is 0 Å². The summed E-state index contributed by atoms with van der Waals surface area (Å²) in [6.45, 7) is 4.65. The van der Waals surface area contributed by atoms with E-state index in [9.17, 15) is 4.79 Å². The fourth-order valence-corrected chi connectivity index (χ4v) is 2.84. The number of rotatable bonds is 5. The number of carbonyl (C=O) groups is 1. The molecule has 1 heterocycles. The van der Waals surface area contributed by atoms with Crippen LogP contribution in [-0.4, -0.2) is 36.6 Å². The van der Waals surface area contributed by atoms with E-state index >= 15 is 0 Å². The van der Waals surface area contributed by atoms with Crippen molar-refractivity contribution in [2.75, 3.05) is 19.8 Å². The first-order valence-electron chi connectivity index (χ1n) is 7.75. The van der Waals surface area contributed by atoms with Crippen LogP contribution in [0.5, 0.6) is 0 Å². The van der Waals surface area contributed by atoms with Gasteiger partial charge in [-0.2, -0.15) is 0 Å². The van der Waals surface area contributed by atoms with Crippen LogP contribution in [0.1, 0.15) is 42.1 Å². The Morgan fingerprint density at radius 1 is 1.25 bits per heavy atom. The summed E-state index contributed by atoms with van der Waals surface area (Å²) in [4.78, 5) is 14.8. The number of aryl methyl sites for hydroxylation is 1. The number of benzene rings is 1. The van der Waals surface area contributed by atoms with E-state index in [1.807, 2.05) is 12.1 Å². The zero-order chi connectivity index (χ0) is 13.9. The van der Waals surface area contributed by atoms with Crippen LogP contribution in [0.15, 0.2) is 24.3 Å². The molecule has 3 rings (SSSR count). The Bertz CT molecular complexity index is 458. The van der Waals surface area contributed by atoms with E-state index in [0.717, 1.165) is 51.0 Å². The number of ether oxygens (including phenoxy) is 1.